The molecule has 1 heterocycles. The van der Waals surface area contributed by atoms with Crippen molar-refractivity contribution in [1.29, 1.82) is 0 Å². The molecule has 2 N–H and O–H groups in total. The van der Waals surface area contributed by atoms with Crippen LogP contribution in [0.15, 0.2) is 18.2 Å². The van der Waals surface area contributed by atoms with Gasteiger partial charge in [-0.2, -0.15) is 0 Å². The zero-order valence-electron chi connectivity index (χ0n) is 11.5. The van der Waals surface area contributed by atoms with Gasteiger partial charge in [-0.15, -0.1) is 0 Å². The minimum Gasteiger partial charge on any atom is -0.508 e. The Kier molecular flexibility index (Phi) is 2.97. The topological polar surface area (TPSA) is 70.4 Å². The Labute approximate surface area is 111 Å². The minimum atomic E-state index is -1.04. The number of aromatic hydroxyl groups is 1. The number of phenols is 1. The van der Waals surface area contributed by atoms with Gasteiger partial charge in [-0.1, -0.05) is 20.8 Å². The van der Waals surface area contributed by atoms with Gasteiger partial charge in [0.25, 0.3) is 0 Å². The van der Waals surface area contributed by atoms with Crippen LogP contribution in [0.1, 0.15) is 42.4 Å². The van der Waals surface area contributed by atoms with Gasteiger partial charge in [0.2, 0.25) is 0 Å². The Bertz CT molecular complexity index is 669. The van der Waals surface area contributed by atoms with E-state index in [-0.39, 0.29) is 16.9 Å². The maximum absolute atomic E-state index is 11.1. The average Bonchev–Trinajstić information content (AvgIpc) is 2.27. The Hall–Kier alpha value is -2.10. The normalized spacial score (nSPS) is 11.8. The molecule has 19 heavy (non-hydrogen) atoms. The van der Waals surface area contributed by atoms with Crippen LogP contribution in [0.5, 0.6) is 5.75 Å². The molecule has 2 rings (SSSR count). The molecule has 4 nitrogen and oxygen atoms in total. The third-order valence-electron chi connectivity index (χ3n) is 3.13. The predicted molar refractivity (Wildman–Crippen MR) is 73.8 cm³/mol. The van der Waals surface area contributed by atoms with E-state index in [0.717, 1.165) is 16.5 Å². The Morgan fingerprint density at radius 2 is 1.84 bits per heavy atom. The van der Waals surface area contributed by atoms with Gasteiger partial charge in [-0.3, -0.25) is 0 Å². The number of fused-ring (bicyclic) bond motifs is 1. The number of phenolic OH excluding ortho intramolecular Hbond substituents is 1. The van der Waals surface area contributed by atoms with Crippen molar-refractivity contribution in [3.8, 4) is 5.75 Å². The van der Waals surface area contributed by atoms with Crippen molar-refractivity contribution >= 4 is 16.9 Å². The number of aromatic nitrogens is 1. The van der Waals surface area contributed by atoms with Gasteiger partial charge < -0.3 is 10.2 Å². The number of hydrogen-bond acceptors (Lipinski definition) is 3. The number of nitrogens with zero attached hydrogens (tertiary/aromatic N) is 1. The molecule has 0 fully saturated rings. The summed E-state index contributed by atoms with van der Waals surface area (Å²) in [4.78, 5) is 15.3. The standard InChI is InChI=1S/C15H17NO3/c1-8-5-12(14(18)19)16-13-10(8)6-9(17)7-11(13)15(2,3)4/h5-7,17H,1-4H3,(H,18,19). The number of aryl methyl sites for hydroxylation is 1. The summed E-state index contributed by atoms with van der Waals surface area (Å²) in [7, 11) is 0. The lowest BCUT2D eigenvalue weighted by atomic mass is 9.84. The Morgan fingerprint density at radius 3 is 2.37 bits per heavy atom. The van der Waals surface area contributed by atoms with Crippen molar-refractivity contribution in [1.82, 2.24) is 4.98 Å². The fourth-order valence-electron chi connectivity index (χ4n) is 2.16. The molecule has 0 bridgehead atoms. The maximum atomic E-state index is 11.1. The van der Waals surface area contributed by atoms with Crippen LogP contribution in [0.4, 0.5) is 0 Å². The van der Waals surface area contributed by atoms with Gasteiger partial charge in [0.15, 0.2) is 0 Å². The summed E-state index contributed by atoms with van der Waals surface area (Å²) in [5.41, 5.74) is 2.08. The van der Waals surface area contributed by atoms with E-state index in [9.17, 15) is 9.90 Å². The fraction of sp³-hybridized carbons (Fsp3) is 0.333. The first-order valence-corrected chi connectivity index (χ1v) is 6.08. The third-order valence-corrected chi connectivity index (χ3v) is 3.13. The minimum absolute atomic E-state index is 0.0289. The van der Waals surface area contributed by atoms with Crippen LogP contribution in [0.3, 0.4) is 0 Å². The molecular weight excluding hydrogens is 242 g/mol. The number of pyridine rings is 1. The first-order chi connectivity index (χ1) is 8.70. The highest BCUT2D eigenvalue weighted by molar-refractivity contribution is 5.93. The second kappa shape index (κ2) is 4.23. The molecule has 100 valence electrons. The second-order valence-corrected chi connectivity index (χ2v) is 5.77. The van der Waals surface area contributed by atoms with E-state index in [1.807, 2.05) is 27.7 Å². The summed E-state index contributed by atoms with van der Waals surface area (Å²) >= 11 is 0. The molecule has 1 aromatic heterocycles. The predicted octanol–water partition coefficient (Wildman–Crippen LogP) is 3.24. The summed E-state index contributed by atoms with van der Waals surface area (Å²) in [5.74, 6) is -0.872. The lowest BCUT2D eigenvalue weighted by Crippen LogP contribution is -2.13. The van der Waals surface area contributed by atoms with E-state index in [4.69, 9.17) is 5.11 Å². The molecule has 0 saturated carbocycles. The maximum Gasteiger partial charge on any atom is 0.354 e. The summed E-state index contributed by atoms with van der Waals surface area (Å²) in [6.07, 6.45) is 0. The number of rotatable bonds is 1. The largest absolute Gasteiger partial charge is 0.508 e. The van der Waals surface area contributed by atoms with Crippen LogP contribution in [-0.2, 0) is 5.41 Å². The molecule has 0 aliphatic heterocycles. The zero-order valence-corrected chi connectivity index (χ0v) is 11.5. The molecule has 0 radical (unpaired) electrons. The number of carbonyl (C=O) groups is 1. The van der Waals surface area contributed by atoms with Gasteiger partial charge >= 0.3 is 5.97 Å². The molecule has 0 aliphatic carbocycles. The zero-order chi connectivity index (χ0) is 14.4. The summed E-state index contributed by atoms with van der Waals surface area (Å²) < 4.78 is 0. The SMILES string of the molecule is Cc1cc(C(=O)O)nc2c(C(C)(C)C)cc(O)cc12. The van der Waals surface area contributed by atoms with Crippen LogP contribution in [0.2, 0.25) is 0 Å². The molecular formula is C15H17NO3. The van der Waals surface area contributed by atoms with Gasteiger partial charge in [-0.25, -0.2) is 9.78 Å². The van der Waals surface area contributed by atoms with E-state index in [0.29, 0.717) is 5.52 Å². The smallest absolute Gasteiger partial charge is 0.354 e. The Morgan fingerprint density at radius 1 is 1.21 bits per heavy atom. The van der Waals surface area contributed by atoms with Crippen LogP contribution >= 0.6 is 0 Å². The van der Waals surface area contributed by atoms with Crippen molar-refractivity contribution in [3.05, 3.63) is 35.0 Å². The number of aromatic carboxylic acids is 1. The summed E-state index contributed by atoms with van der Waals surface area (Å²) in [6, 6.07) is 4.80. The quantitative estimate of drug-likeness (QED) is 0.824. The third kappa shape index (κ3) is 2.38. The molecule has 0 saturated heterocycles. The lowest BCUT2D eigenvalue weighted by molar-refractivity contribution is 0.0691. The molecule has 0 spiro atoms. The monoisotopic (exact) mass is 259 g/mol. The van der Waals surface area contributed by atoms with Crippen LogP contribution < -0.4 is 0 Å². The second-order valence-electron chi connectivity index (χ2n) is 5.77. The molecule has 0 amide bonds. The summed E-state index contributed by atoms with van der Waals surface area (Å²) in [5, 5.41) is 19.7. The van der Waals surface area contributed by atoms with Crippen molar-refractivity contribution < 1.29 is 15.0 Å². The van der Waals surface area contributed by atoms with Gasteiger partial charge in [0.1, 0.15) is 11.4 Å². The van der Waals surface area contributed by atoms with Crippen LogP contribution in [0.25, 0.3) is 10.9 Å². The molecule has 1 aromatic carbocycles. The molecule has 2 aromatic rings. The van der Waals surface area contributed by atoms with Gasteiger partial charge in [0.05, 0.1) is 5.52 Å². The molecule has 4 heteroatoms. The van der Waals surface area contributed by atoms with Gasteiger partial charge in [0, 0.05) is 5.39 Å². The van der Waals surface area contributed by atoms with Crippen molar-refractivity contribution in [2.75, 3.05) is 0 Å². The summed E-state index contributed by atoms with van der Waals surface area (Å²) in [6.45, 7) is 7.84. The highest BCUT2D eigenvalue weighted by Gasteiger charge is 2.21. The van der Waals surface area contributed by atoms with Crippen LogP contribution in [-0.4, -0.2) is 21.2 Å². The number of benzene rings is 1. The van der Waals surface area contributed by atoms with Crippen molar-refractivity contribution in [2.24, 2.45) is 0 Å². The number of hydrogen-bond donors (Lipinski definition) is 2. The van der Waals surface area contributed by atoms with E-state index in [2.05, 4.69) is 4.98 Å². The Balaban J connectivity index is 2.92. The highest BCUT2D eigenvalue weighted by atomic mass is 16.4. The first-order valence-electron chi connectivity index (χ1n) is 6.08. The lowest BCUT2D eigenvalue weighted by Gasteiger charge is -2.21. The average molecular weight is 259 g/mol. The van der Waals surface area contributed by atoms with E-state index < -0.39 is 5.97 Å². The van der Waals surface area contributed by atoms with E-state index >= 15 is 0 Å². The van der Waals surface area contributed by atoms with E-state index in [1.54, 1.807) is 12.1 Å². The molecule has 0 atom stereocenters. The van der Waals surface area contributed by atoms with Crippen molar-refractivity contribution in [2.45, 2.75) is 33.1 Å². The van der Waals surface area contributed by atoms with E-state index in [1.165, 1.54) is 6.07 Å². The number of carboxylic acid groups (broad SMARTS) is 1. The number of carboxylic acids is 1. The van der Waals surface area contributed by atoms with Gasteiger partial charge in [-0.05, 0) is 41.7 Å². The van der Waals surface area contributed by atoms with Crippen molar-refractivity contribution in [3.63, 3.8) is 0 Å². The van der Waals surface area contributed by atoms with Crippen LogP contribution in [0, 0.1) is 6.92 Å². The highest BCUT2D eigenvalue weighted by Crippen LogP contribution is 2.34. The molecule has 0 unspecified atom stereocenters. The first kappa shape index (κ1) is 13.3. The fourth-order valence-corrected chi connectivity index (χ4v) is 2.16. The molecule has 0 aliphatic rings.